The highest BCUT2D eigenvalue weighted by Gasteiger charge is 2.23. The van der Waals surface area contributed by atoms with Gasteiger partial charge < -0.3 is 5.32 Å². The van der Waals surface area contributed by atoms with Crippen molar-refractivity contribution in [2.75, 3.05) is 6.54 Å². The Bertz CT molecular complexity index is 457. The molecule has 1 aromatic rings. The van der Waals surface area contributed by atoms with Crippen LogP contribution in [0.4, 0.5) is 0 Å². The van der Waals surface area contributed by atoms with Crippen LogP contribution in [0.3, 0.4) is 0 Å². The topological polar surface area (TPSA) is 12.0 Å². The van der Waals surface area contributed by atoms with Gasteiger partial charge in [-0.3, -0.25) is 0 Å². The lowest BCUT2D eigenvalue weighted by Gasteiger charge is -2.27. The molecule has 2 aliphatic carbocycles. The highest BCUT2D eigenvalue weighted by atomic mass is 35.5. The molecule has 2 heteroatoms. The molecular formula is C18H26ClN. The van der Waals surface area contributed by atoms with Gasteiger partial charge in [-0.15, -0.1) is 0 Å². The molecule has 0 heterocycles. The third kappa shape index (κ3) is 3.38. The Balaban J connectivity index is 1.48. The second-order valence-electron chi connectivity index (χ2n) is 6.81. The number of halogens is 1. The number of aryl methyl sites for hydroxylation is 1. The van der Waals surface area contributed by atoms with Crippen LogP contribution in [0.15, 0.2) is 18.2 Å². The Hall–Kier alpha value is -0.530. The van der Waals surface area contributed by atoms with Crippen molar-refractivity contribution in [3.05, 3.63) is 34.3 Å². The van der Waals surface area contributed by atoms with Crippen LogP contribution in [0.25, 0.3) is 0 Å². The van der Waals surface area contributed by atoms with E-state index in [9.17, 15) is 0 Å². The Morgan fingerprint density at radius 1 is 1.25 bits per heavy atom. The molecule has 0 bridgehead atoms. The second kappa shape index (κ2) is 6.49. The lowest BCUT2D eigenvalue weighted by atomic mass is 9.81. The third-order valence-corrected chi connectivity index (χ3v) is 5.41. The molecule has 0 aromatic heterocycles. The quantitative estimate of drug-likeness (QED) is 0.810. The fourth-order valence-corrected chi connectivity index (χ4v) is 4.28. The van der Waals surface area contributed by atoms with Crippen molar-refractivity contribution in [3.63, 3.8) is 0 Å². The Labute approximate surface area is 128 Å². The number of nitrogens with one attached hydrogen (secondary N) is 1. The summed E-state index contributed by atoms with van der Waals surface area (Å²) in [7, 11) is 0. The van der Waals surface area contributed by atoms with E-state index in [0.29, 0.717) is 6.04 Å². The zero-order valence-corrected chi connectivity index (χ0v) is 13.3. The van der Waals surface area contributed by atoms with Gasteiger partial charge in [0.2, 0.25) is 0 Å². The molecule has 1 fully saturated rings. The van der Waals surface area contributed by atoms with E-state index in [2.05, 4.69) is 24.4 Å². The molecule has 2 aliphatic rings. The van der Waals surface area contributed by atoms with Crippen molar-refractivity contribution in [2.24, 2.45) is 11.8 Å². The summed E-state index contributed by atoms with van der Waals surface area (Å²) >= 11 is 6.07. The molecule has 0 radical (unpaired) electrons. The molecule has 3 atom stereocenters. The van der Waals surface area contributed by atoms with Gasteiger partial charge in [-0.25, -0.2) is 0 Å². The monoisotopic (exact) mass is 291 g/mol. The van der Waals surface area contributed by atoms with Gasteiger partial charge >= 0.3 is 0 Å². The van der Waals surface area contributed by atoms with E-state index in [1.54, 1.807) is 0 Å². The molecule has 1 nitrogen and oxygen atoms in total. The largest absolute Gasteiger partial charge is 0.310 e. The van der Waals surface area contributed by atoms with Gasteiger partial charge in [0, 0.05) is 11.1 Å². The van der Waals surface area contributed by atoms with E-state index in [-0.39, 0.29) is 0 Å². The number of hydrogen-bond acceptors (Lipinski definition) is 1. The van der Waals surface area contributed by atoms with E-state index in [4.69, 9.17) is 11.6 Å². The molecule has 20 heavy (non-hydrogen) atoms. The average Bonchev–Trinajstić information content (AvgIpc) is 2.81. The number of benzene rings is 1. The van der Waals surface area contributed by atoms with Crippen LogP contribution in [0.1, 0.15) is 62.6 Å². The summed E-state index contributed by atoms with van der Waals surface area (Å²) in [6.07, 6.45) is 9.53. The standard InChI is InChI=1S/C18H26ClN/c1-13-3-2-4-14(11-13)9-10-20-18-8-5-15-12-16(19)6-7-17(15)18/h6-7,12-14,18,20H,2-5,8-11H2,1H3. The summed E-state index contributed by atoms with van der Waals surface area (Å²) in [4.78, 5) is 0. The molecule has 1 aromatic carbocycles. The van der Waals surface area contributed by atoms with Crippen molar-refractivity contribution < 1.29 is 0 Å². The molecule has 0 spiro atoms. The molecule has 0 amide bonds. The van der Waals surface area contributed by atoms with Gasteiger partial charge in [0.05, 0.1) is 0 Å². The van der Waals surface area contributed by atoms with Crippen LogP contribution >= 0.6 is 11.6 Å². The molecule has 1 saturated carbocycles. The van der Waals surface area contributed by atoms with E-state index in [1.165, 1.54) is 62.6 Å². The molecule has 0 aliphatic heterocycles. The summed E-state index contributed by atoms with van der Waals surface area (Å²) in [6.45, 7) is 3.58. The molecule has 0 saturated heterocycles. The minimum Gasteiger partial charge on any atom is -0.310 e. The summed E-state index contributed by atoms with van der Waals surface area (Å²) in [5.74, 6) is 1.90. The fraction of sp³-hybridized carbons (Fsp3) is 0.667. The van der Waals surface area contributed by atoms with Crippen LogP contribution < -0.4 is 5.32 Å². The summed E-state index contributed by atoms with van der Waals surface area (Å²) in [5.41, 5.74) is 2.92. The normalized spacial score (nSPS) is 29.4. The third-order valence-electron chi connectivity index (χ3n) is 5.17. The van der Waals surface area contributed by atoms with Crippen molar-refractivity contribution in [2.45, 2.75) is 57.9 Å². The van der Waals surface area contributed by atoms with E-state index >= 15 is 0 Å². The maximum Gasteiger partial charge on any atom is 0.0408 e. The molecule has 3 rings (SSSR count). The van der Waals surface area contributed by atoms with E-state index in [0.717, 1.165) is 16.9 Å². The molecular weight excluding hydrogens is 266 g/mol. The van der Waals surface area contributed by atoms with Crippen LogP contribution in [0, 0.1) is 11.8 Å². The molecule has 110 valence electrons. The van der Waals surface area contributed by atoms with Gasteiger partial charge in [0.1, 0.15) is 0 Å². The lowest BCUT2D eigenvalue weighted by Crippen LogP contribution is -2.24. The summed E-state index contributed by atoms with van der Waals surface area (Å²) in [6, 6.07) is 6.94. The predicted octanol–water partition coefficient (Wildman–Crippen LogP) is 5.13. The lowest BCUT2D eigenvalue weighted by molar-refractivity contribution is 0.265. The summed E-state index contributed by atoms with van der Waals surface area (Å²) in [5, 5.41) is 4.65. The van der Waals surface area contributed by atoms with Crippen LogP contribution in [-0.2, 0) is 6.42 Å². The first-order valence-corrected chi connectivity index (χ1v) is 8.62. The number of rotatable bonds is 4. The first kappa shape index (κ1) is 14.4. The molecule has 1 N–H and O–H groups in total. The minimum atomic E-state index is 0.559. The predicted molar refractivity (Wildman–Crippen MR) is 86.3 cm³/mol. The highest BCUT2D eigenvalue weighted by Crippen LogP contribution is 2.34. The highest BCUT2D eigenvalue weighted by molar-refractivity contribution is 6.30. The van der Waals surface area contributed by atoms with Crippen LogP contribution in [-0.4, -0.2) is 6.54 Å². The Morgan fingerprint density at radius 2 is 2.15 bits per heavy atom. The average molecular weight is 292 g/mol. The maximum atomic E-state index is 6.07. The maximum absolute atomic E-state index is 6.07. The van der Waals surface area contributed by atoms with Crippen molar-refractivity contribution in [3.8, 4) is 0 Å². The van der Waals surface area contributed by atoms with Gasteiger partial charge in [-0.05, 0) is 67.3 Å². The number of fused-ring (bicyclic) bond motifs is 1. The van der Waals surface area contributed by atoms with Crippen LogP contribution in [0.5, 0.6) is 0 Å². The van der Waals surface area contributed by atoms with Crippen molar-refractivity contribution in [1.29, 1.82) is 0 Å². The first-order valence-electron chi connectivity index (χ1n) is 8.24. The Morgan fingerprint density at radius 3 is 3.00 bits per heavy atom. The van der Waals surface area contributed by atoms with Crippen LogP contribution in [0.2, 0.25) is 5.02 Å². The molecule has 3 unspecified atom stereocenters. The summed E-state index contributed by atoms with van der Waals surface area (Å²) < 4.78 is 0. The van der Waals surface area contributed by atoms with Gasteiger partial charge in [-0.2, -0.15) is 0 Å². The zero-order valence-electron chi connectivity index (χ0n) is 12.5. The zero-order chi connectivity index (χ0) is 13.9. The Kier molecular flexibility index (Phi) is 4.68. The number of hydrogen-bond donors (Lipinski definition) is 1. The van der Waals surface area contributed by atoms with Crippen molar-refractivity contribution in [1.82, 2.24) is 5.32 Å². The van der Waals surface area contributed by atoms with E-state index < -0.39 is 0 Å². The van der Waals surface area contributed by atoms with Crippen molar-refractivity contribution >= 4 is 11.6 Å². The minimum absolute atomic E-state index is 0.559. The van der Waals surface area contributed by atoms with Gasteiger partial charge in [-0.1, -0.05) is 43.9 Å². The van der Waals surface area contributed by atoms with Gasteiger partial charge in [0.25, 0.3) is 0 Å². The van der Waals surface area contributed by atoms with E-state index in [1.807, 2.05) is 6.07 Å². The SMILES string of the molecule is CC1CCCC(CCNC2CCc3cc(Cl)ccc32)C1. The second-order valence-corrected chi connectivity index (χ2v) is 7.25. The van der Waals surface area contributed by atoms with Gasteiger partial charge in [0.15, 0.2) is 0 Å². The first-order chi connectivity index (χ1) is 9.72. The smallest absolute Gasteiger partial charge is 0.0408 e. The fourth-order valence-electron chi connectivity index (χ4n) is 4.08.